The molecule has 7 unspecified atom stereocenters. The summed E-state index contributed by atoms with van der Waals surface area (Å²) in [5.74, 6) is -0.434. The molecule has 0 aromatic heterocycles. The molecule has 2 heterocycles. The Morgan fingerprint density at radius 2 is 2.20 bits per heavy atom. The molecule has 140 valence electrons. The molecule has 4 N–H and O–H groups in total. The number of rotatable bonds is 6. The van der Waals surface area contributed by atoms with Gasteiger partial charge in [0.1, 0.15) is 12.2 Å². The monoisotopic (exact) mass is 394 g/mol. The van der Waals surface area contributed by atoms with Crippen LogP contribution in [0.1, 0.15) is 6.42 Å². The fourth-order valence-corrected chi connectivity index (χ4v) is 4.88. The summed E-state index contributed by atoms with van der Waals surface area (Å²) in [6, 6.07) is -0.465. The molecule has 1 saturated heterocycles. The van der Waals surface area contributed by atoms with Crippen LogP contribution in [0.25, 0.3) is 0 Å². The Balaban J connectivity index is 1.83. The van der Waals surface area contributed by atoms with E-state index < -0.39 is 58.8 Å². The average molecular weight is 394 g/mol. The predicted molar refractivity (Wildman–Crippen MR) is 87.5 cm³/mol. The van der Waals surface area contributed by atoms with Crippen LogP contribution in [0.3, 0.4) is 0 Å². The summed E-state index contributed by atoms with van der Waals surface area (Å²) in [4.78, 5) is 41.4. The minimum Gasteiger partial charge on any atom is -0.374 e. The SMILES string of the molecule is C=C1C=CN(C2OC(C3CC3P(=O)(O)O)C(OPO)C2OC)C(=O)N1. The summed E-state index contributed by atoms with van der Waals surface area (Å²) >= 11 is 0. The summed E-state index contributed by atoms with van der Waals surface area (Å²) in [5, 5.41) is 2.55. The molecule has 12 heteroatoms. The Morgan fingerprint density at radius 1 is 1.48 bits per heavy atom. The molecule has 0 spiro atoms. The lowest BCUT2D eigenvalue weighted by atomic mass is 10.1. The van der Waals surface area contributed by atoms with Gasteiger partial charge in [0.25, 0.3) is 0 Å². The number of hydrogen-bond acceptors (Lipinski definition) is 6. The van der Waals surface area contributed by atoms with Crippen LogP contribution in [0.5, 0.6) is 0 Å². The van der Waals surface area contributed by atoms with Crippen molar-refractivity contribution >= 4 is 22.7 Å². The lowest BCUT2D eigenvalue weighted by molar-refractivity contribution is -0.0681. The fraction of sp³-hybridized carbons (Fsp3) is 0.615. The molecule has 7 atom stereocenters. The van der Waals surface area contributed by atoms with Crippen molar-refractivity contribution in [3.8, 4) is 0 Å². The zero-order valence-electron chi connectivity index (χ0n) is 13.3. The van der Waals surface area contributed by atoms with Crippen molar-refractivity contribution in [1.29, 1.82) is 0 Å². The van der Waals surface area contributed by atoms with E-state index in [9.17, 15) is 24.0 Å². The van der Waals surface area contributed by atoms with Gasteiger partial charge in [-0.25, -0.2) is 4.79 Å². The van der Waals surface area contributed by atoms with Crippen molar-refractivity contribution in [2.24, 2.45) is 5.92 Å². The standard InChI is InChI=1S/C13H20N2O8P2/c1-6-3-4-15(13(16)14-6)12-11(21-2)10(23-24-17)9(22-12)7-5-8(7)25(18,19)20/h3-4,7-12,17,24H,1,5H2,2H3,(H,14,16)(H2,18,19,20). The van der Waals surface area contributed by atoms with Gasteiger partial charge < -0.3 is 34.0 Å². The number of nitrogens with one attached hydrogen (secondary N) is 1. The maximum Gasteiger partial charge on any atom is 0.328 e. The van der Waals surface area contributed by atoms with E-state index in [2.05, 4.69) is 11.9 Å². The van der Waals surface area contributed by atoms with E-state index >= 15 is 0 Å². The number of amides is 2. The van der Waals surface area contributed by atoms with Crippen LogP contribution in [0, 0.1) is 5.92 Å². The summed E-state index contributed by atoms with van der Waals surface area (Å²) in [6.07, 6.45) is 0.300. The Hall–Kier alpha value is -0.830. The highest BCUT2D eigenvalue weighted by molar-refractivity contribution is 7.53. The Morgan fingerprint density at radius 3 is 2.72 bits per heavy atom. The lowest BCUT2D eigenvalue weighted by Gasteiger charge is -2.31. The van der Waals surface area contributed by atoms with Gasteiger partial charge in [0.05, 0.1) is 11.8 Å². The zero-order chi connectivity index (χ0) is 18.4. The Bertz CT molecular complexity index is 638. The highest BCUT2D eigenvalue weighted by atomic mass is 31.2. The third-order valence-electron chi connectivity index (χ3n) is 4.56. The first-order chi connectivity index (χ1) is 11.8. The lowest BCUT2D eigenvalue weighted by Crippen LogP contribution is -2.50. The van der Waals surface area contributed by atoms with Crippen LogP contribution in [-0.2, 0) is 18.6 Å². The molecule has 2 aliphatic heterocycles. The van der Waals surface area contributed by atoms with E-state index in [-0.39, 0.29) is 6.42 Å². The number of methoxy groups -OCH3 is 1. The summed E-state index contributed by atoms with van der Waals surface area (Å²) in [6.45, 7) is 3.64. The van der Waals surface area contributed by atoms with Gasteiger partial charge in [-0.3, -0.25) is 9.46 Å². The van der Waals surface area contributed by atoms with Gasteiger partial charge >= 0.3 is 13.6 Å². The highest BCUT2D eigenvalue weighted by Gasteiger charge is 2.61. The van der Waals surface area contributed by atoms with E-state index in [4.69, 9.17) is 14.0 Å². The first-order valence-electron chi connectivity index (χ1n) is 7.52. The number of allylic oxidation sites excluding steroid dienone is 1. The second-order valence-electron chi connectivity index (χ2n) is 6.10. The summed E-state index contributed by atoms with van der Waals surface area (Å²) in [5.41, 5.74) is -0.384. The maximum absolute atomic E-state index is 12.2. The van der Waals surface area contributed by atoms with Gasteiger partial charge in [0.2, 0.25) is 0 Å². The van der Waals surface area contributed by atoms with Crippen LogP contribution in [0.15, 0.2) is 24.6 Å². The molecule has 1 aliphatic carbocycles. The molecule has 0 aromatic carbocycles. The maximum atomic E-state index is 12.2. The van der Waals surface area contributed by atoms with E-state index in [0.717, 1.165) is 0 Å². The van der Waals surface area contributed by atoms with Crippen molar-refractivity contribution in [3.63, 3.8) is 0 Å². The number of carbonyl (C=O) groups is 1. The molecule has 3 rings (SSSR count). The topological polar surface area (TPSA) is 138 Å². The molecule has 1 saturated carbocycles. The predicted octanol–water partition coefficient (Wildman–Crippen LogP) is 0.231. The summed E-state index contributed by atoms with van der Waals surface area (Å²) < 4.78 is 28.1. The molecule has 0 aromatic rings. The molecule has 0 bridgehead atoms. The van der Waals surface area contributed by atoms with Gasteiger partial charge in [-0.2, -0.15) is 0 Å². The molecule has 0 radical (unpaired) electrons. The van der Waals surface area contributed by atoms with Crippen molar-refractivity contribution < 1.29 is 38.0 Å². The van der Waals surface area contributed by atoms with Crippen LogP contribution in [0.4, 0.5) is 4.79 Å². The number of hydrogen-bond donors (Lipinski definition) is 4. The number of carbonyl (C=O) groups excluding carboxylic acids is 1. The van der Waals surface area contributed by atoms with Crippen LogP contribution >= 0.6 is 16.6 Å². The smallest absolute Gasteiger partial charge is 0.328 e. The molecule has 3 aliphatic rings. The minimum absolute atomic E-state index is 0.283. The molecule has 2 fully saturated rings. The van der Waals surface area contributed by atoms with Gasteiger partial charge in [-0.1, -0.05) is 6.58 Å². The number of ether oxygens (including phenoxy) is 2. The Labute approximate surface area is 145 Å². The minimum atomic E-state index is -4.24. The number of urea groups is 1. The van der Waals surface area contributed by atoms with Crippen molar-refractivity contribution in [1.82, 2.24) is 10.2 Å². The second kappa shape index (κ2) is 7.06. The van der Waals surface area contributed by atoms with E-state index in [1.54, 1.807) is 6.08 Å². The Kier molecular flexibility index (Phi) is 5.35. The van der Waals surface area contributed by atoms with Crippen LogP contribution < -0.4 is 5.32 Å². The first-order valence-corrected chi connectivity index (χ1v) is 10.1. The van der Waals surface area contributed by atoms with E-state index in [0.29, 0.717) is 5.70 Å². The van der Waals surface area contributed by atoms with Crippen molar-refractivity contribution in [2.75, 3.05) is 7.11 Å². The number of nitrogens with zero attached hydrogens (tertiary/aromatic N) is 1. The molecule has 10 nitrogen and oxygen atoms in total. The molecular weight excluding hydrogens is 374 g/mol. The van der Waals surface area contributed by atoms with Crippen molar-refractivity contribution in [3.05, 3.63) is 24.6 Å². The van der Waals surface area contributed by atoms with E-state index in [1.165, 1.54) is 18.2 Å². The third kappa shape index (κ3) is 3.67. The van der Waals surface area contributed by atoms with Crippen molar-refractivity contribution in [2.45, 2.75) is 36.6 Å². The quantitative estimate of drug-likeness (QED) is 0.470. The van der Waals surface area contributed by atoms with Gasteiger partial charge in [-0.05, 0) is 12.5 Å². The zero-order valence-corrected chi connectivity index (χ0v) is 15.2. The molecular formula is C13H20N2O8P2. The van der Waals surface area contributed by atoms with Gasteiger partial charge in [-0.15, -0.1) is 0 Å². The molecule has 25 heavy (non-hydrogen) atoms. The van der Waals surface area contributed by atoms with Gasteiger partial charge in [0.15, 0.2) is 15.3 Å². The average Bonchev–Trinajstić information content (AvgIpc) is 3.25. The van der Waals surface area contributed by atoms with Gasteiger partial charge in [0, 0.05) is 24.9 Å². The normalized spacial score (nSPS) is 38.6. The highest BCUT2D eigenvalue weighted by Crippen LogP contribution is 2.61. The second-order valence-corrected chi connectivity index (χ2v) is 8.36. The largest absolute Gasteiger partial charge is 0.374 e. The summed E-state index contributed by atoms with van der Waals surface area (Å²) in [7, 11) is -3.67. The first kappa shape index (κ1) is 18.9. The molecule has 2 amide bonds. The van der Waals surface area contributed by atoms with Crippen LogP contribution in [0.2, 0.25) is 0 Å². The fourth-order valence-electron chi connectivity index (χ4n) is 3.30. The third-order valence-corrected chi connectivity index (χ3v) is 6.39. The van der Waals surface area contributed by atoms with E-state index in [1.807, 2.05) is 0 Å². The van der Waals surface area contributed by atoms with Crippen LogP contribution in [-0.4, -0.2) is 62.9 Å².